The van der Waals surface area contributed by atoms with Crippen LogP contribution in [0, 0.1) is 0 Å². The molecule has 0 unspecified atom stereocenters. The third-order valence-electron chi connectivity index (χ3n) is 5.81. The Morgan fingerprint density at radius 2 is 0.417 bits per heavy atom. The van der Waals surface area contributed by atoms with Crippen molar-refractivity contribution in [3.8, 4) is 0 Å². The van der Waals surface area contributed by atoms with E-state index in [1.54, 1.807) is 0 Å². The molecule has 144 valence electrons. The maximum absolute atomic E-state index is 2.93. The van der Waals surface area contributed by atoms with E-state index in [-0.39, 0.29) is 14.7 Å². The molecule has 0 spiro atoms. The zero-order chi connectivity index (χ0) is 20.2. The van der Waals surface area contributed by atoms with Gasteiger partial charge in [0.15, 0.2) is 0 Å². The fourth-order valence-electron chi connectivity index (χ4n) is 6.62. The van der Waals surface area contributed by atoms with E-state index in [0.717, 1.165) is 0 Å². The van der Waals surface area contributed by atoms with Crippen LogP contribution in [0.25, 0.3) is 0 Å². The molecule has 24 heavy (non-hydrogen) atoms. The molecule has 0 nitrogen and oxygen atoms in total. The molecule has 0 aliphatic rings. The SMILES string of the molecule is C[Si](C)(C)[Si]([Si](C)(C)C)[Si](C)(C)[Si](C)(C)[Si]([Si](C)(C)C)[Si](C)(C)C. The van der Waals surface area contributed by atoms with Crippen LogP contribution in [-0.2, 0) is 0 Å². The van der Waals surface area contributed by atoms with E-state index in [9.17, 15) is 0 Å². The van der Waals surface area contributed by atoms with Gasteiger partial charge in [0, 0.05) is 59.3 Å². The second kappa shape index (κ2) is 7.29. The van der Waals surface area contributed by atoms with Crippen molar-refractivity contribution in [2.45, 2.75) is 105 Å². The van der Waals surface area contributed by atoms with Gasteiger partial charge in [-0.2, -0.15) is 0 Å². The van der Waals surface area contributed by atoms with Crippen LogP contribution >= 0.6 is 0 Å². The second-order valence-electron chi connectivity index (χ2n) is 13.0. The highest BCUT2D eigenvalue weighted by atomic mass is 30.2. The fourth-order valence-corrected chi connectivity index (χ4v) is 273. The highest BCUT2D eigenvalue weighted by Gasteiger charge is 2.62. The van der Waals surface area contributed by atoms with Crippen molar-refractivity contribution >= 4 is 59.3 Å². The first-order chi connectivity index (χ1) is 9.98. The molecule has 0 saturated heterocycles. The summed E-state index contributed by atoms with van der Waals surface area (Å²) < 4.78 is 0. The molecule has 0 bridgehead atoms. The van der Waals surface area contributed by atoms with Gasteiger partial charge in [-0.1, -0.05) is 105 Å². The molecule has 0 aromatic rings. The van der Waals surface area contributed by atoms with Crippen molar-refractivity contribution in [3.63, 3.8) is 0 Å². The molecule has 8 heteroatoms. The Hall–Kier alpha value is 1.74. The lowest BCUT2D eigenvalue weighted by Crippen LogP contribution is -2.87. The largest absolute Gasteiger partial charge is 0.0739 e. The van der Waals surface area contributed by atoms with Crippen LogP contribution in [0.15, 0.2) is 0 Å². The molecule has 0 rings (SSSR count). The summed E-state index contributed by atoms with van der Waals surface area (Å²) in [7, 11) is -6.61. The number of rotatable bonds is 7. The van der Waals surface area contributed by atoms with Gasteiger partial charge in [0.1, 0.15) is 0 Å². The van der Waals surface area contributed by atoms with Crippen LogP contribution in [0.2, 0.25) is 105 Å². The highest BCUT2D eigenvalue weighted by Crippen LogP contribution is 2.37. The van der Waals surface area contributed by atoms with Crippen molar-refractivity contribution in [2.75, 3.05) is 0 Å². The van der Waals surface area contributed by atoms with Gasteiger partial charge >= 0.3 is 0 Å². The molecular weight excluding hydrogens is 417 g/mol. The van der Waals surface area contributed by atoms with Gasteiger partial charge in [-0.25, -0.2) is 0 Å². The van der Waals surface area contributed by atoms with Crippen molar-refractivity contribution < 1.29 is 0 Å². The second-order valence-corrected chi connectivity index (χ2v) is 93.0. The monoisotopic (exact) mass is 464 g/mol. The molecular formula is C16H48Si8. The summed E-state index contributed by atoms with van der Waals surface area (Å²) in [5.41, 5.74) is 0. The molecule has 0 aliphatic carbocycles. The van der Waals surface area contributed by atoms with Crippen molar-refractivity contribution in [1.29, 1.82) is 0 Å². The summed E-state index contributed by atoms with van der Waals surface area (Å²) >= 11 is 0. The van der Waals surface area contributed by atoms with Gasteiger partial charge in [-0.15, -0.1) is 0 Å². The third-order valence-corrected chi connectivity index (χ3v) is 156. The molecule has 0 aliphatic heterocycles. The topological polar surface area (TPSA) is 0 Å². The quantitative estimate of drug-likeness (QED) is 0.388. The van der Waals surface area contributed by atoms with Gasteiger partial charge in [0.2, 0.25) is 0 Å². The van der Waals surface area contributed by atoms with Crippen LogP contribution in [0.4, 0.5) is 0 Å². The van der Waals surface area contributed by atoms with E-state index >= 15 is 0 Å². The zero-order valence-electron chi connectivity index (χ0n) is 20.0. The molecule has 0 fully saturated rings. The van der Waals surface area contributed by atoms with Crippen molar-refractivity contribution in [1.82, 2.24) is 0 Å². The number of hydrogen-bond donors (Lipinski definition) is 0. The summed E-state index contributed by atoms with van der Waals surface area (Å²) in [6.07, 6.45) is 0. The van der Waals surface area contributed by atoms with Crippen LogP contribution in [0.5, 0.6) is 0 Å². The summed E-state index contributed by atoms with van der Waals surface area (Å²) in [6, 6.07) is 0. The Bertz CT molecular complexity index is 359. The van der Waals surface area contributed by atoms with Gasteiger partial charge in [0.25, 0.3) is 0 Å². The molecule has 0 heterocycles. The van der Waals surface area contributed by atoms with Gasteiger partial charge in [0.05, 0.1) is 0 Å². The van der Waals surface area contributed by atoms with Crippen LogP contribution in [0.3, 0.4) is 0 Å². The van der Waals surface area contributed by atoms with Crippen LogP contribution in [0.1, 0.15) is 0 Å². The number of hydrogen-bond acceptors (Lipinski definition) is 0. The lowest BCUT2D eigenvalue weighted by molar-refractivity contribution is 1.77. The normalized spacial score (nSPS) is 16.2. The molecule has 0 N–H and O–H groups in total. The minimum Gasteiger partial charge on any atom is -0.0739 e. The smallest absolute Gasteiger partial charge is 0.0303 e. The highest BCUT2D eigenvalue weighted by molar-refractivity contribution is 8.04. The lowest BCUT2D eigenvalue weighted by atomic mass is 11.8. The van der Waals surface area contributed by atoms with E-state index in [2.05, 4.69) is 105 Å². The average molecular weight is 465 g/mol. The molecule has 0 saturated carbocycles. The third kappa shape index (κ3) is 5.62. The maximum atomic E-state index is 2.93. The maximum Gasteiger partial charge on any atom is 0.0303 e. The first kappa shape index (κ1) is 25.7. The Kier molecular flexibility index (Phi) is 7.81. The first-order valence-electron chi connectivity index (χ1n) is 9.75. The Morgan fingerprint density at radius 3 is 0.500 bits per heavy atom. The van der Waals surface area contributed by atoms with E-state index < -0.39 is 44.6 Å². The minimum atomic E-state index is -1.13. The molecule has 0 amide bonds. The predicted molar refractivity (Wildman–Crippen MR) is 140 cm³/mol. The fraction of sp³-hybridized carbons (Fsp3) is 1.00. The minimum absolute atomic E-state index is 0.124. The Balaban J connectivity index is 6.50. The lowest BCUT2D eigenvalue weighted by Gasteiger charge is -2.59. The zero-order valence-corrected chi connectivity index (χ0v) is 28.0. The van der Waals surface area contributed by atoms with Gasteiger partial charge in [-0.3, -0.25) is 0 Å². The Labute approximate surface area is 163 Å². The van der Waals surface area contributed by atoms with Gasteiger partial charge in [-0.05, 0) is 0 Å². The van der Waals surface area contributed by atoms with E-state index in [0.29, 0.717) is 0 Å². The molecule has 0 atom stereocenters. The molecule has 0 aromatic carbocycles. The molecule has 2 radical (unpaired) electrons. The predicted octanol–water partition coefficient (Wildman–Crippen LogP) is 6.29. The summed E-state index contributed by atoms with van der Waals surface area (Å²) in [5, 5.41) is 0. The summed E-state index contributed by atoms with van der Waals surface area (Å²) in [4.78, 5) is 0. The van der Waals surface area contributed by atoms with Gasteiger partial charge < -0.3 is 0 Å². The van der Waals surface area contributed by atoms with Crippen LogP contribution in [-0.4, -0.2) is 59.3 Å². The van der Waals surface area contributed by atoms with Crippen molar-refractivity contribution in [3.05, 3.63) is 0 Å². The summed E-state index contributed by atoms with van der Waals surface area (Å²) in [6.45, 7) is 44.6. The Morgan fingerprint density at radius 1 is 0.292 bits per heavy atom. The molecule has 0 aromatic heterocycles. The van der Waals surface area contributed by atoms with Crippen LogP contribution < -0.4 is 0 Å². The first-order valence-corrected chi connectivity index (χ1v) is 39.8. The average Bonchev–Trinajstić information content (AvgIpc) is 2.02. The van der Waals surface area contributed by atoms with E-state index in [1.165, 1.54) is 0 Å². The van der Waals surface area contributed by atoms with E-state index in [4.69, 9.17) is 0 Å². The standard InChI is InChI=1S/C16H48Si8/c1-19(2,3)17(20(4,5)6)23(13,14)24(15,16)18(21(7,8)9)22(10,11)12/h1-16H3. The summed E-state index contributed by atoms with van der Waals surface area (Å²) in [5.74, 6) is 0. The van der Waals surface area contributed by atoms with E-state index in [1.807, 2.05) is 0 Å². The van der Waals surface area contributed by atoms with Crippen molar-refractivity contribution in [2.24, 2.45) is 0 Å².